The van der Waals surface area contributed by atoms with Crippen LogP contribution in [0, 0.1) is 5.92 Å². The molecule has 2 aliphatic rings. The molecule has 1 N–H and O–H groups in total. The van der Waals surface area contributed by atoms with Crippen LogP contribution in [0.25, 0.3) is 0 Å². The van der Waals surface area contributed by atoms with E-state index in [1.54, 1.807) is 0 Å². The fourth-order valence-electron chi connectivity index (χ4n) is 3.85. The van der Waals surface area contributed by atoms with E-state index in [4.69, 9.17) is 0 Å². The van der Waals surface area contributed by atoms with Crippen molar-refractivity contribution in [3.8, 4) is 0 Å². The van der Waals surface area contributed by atoms with Gasteiger partial charge in [-0.1, -0.05) is 32.6 Å². The first-order chi connectivity index (χ1) is 9.81. The van der Waals surface area contributed by atoms with Crippen molar-refractivity contribution in [3.63, 3.8) is 0 Å². The van der Waals surface area contributed by atoms with E-state index in [0.717, 1.165) is 57.7 Å². The van der Waals surface area contributed by atoms with Gasteiger partial charge in [0.2, 0.25) is 5.91 Å². The minimum absolute atomic E-state index is 0.414. The van der Waals surface area contributed by atoms with Gasteiger partial charge in [-0.15, -0.1) is 0 Å². The van der Waals surface area contributed by atoms with Crippen LogP contribution in [-0.2, 0) is 4.79 Å². The molecule has 1 saturated carbocycles. The normalized spacial score (nSPS) is 21.2. The van der Waals surface area contributed by atoms with E-state index < -0.39 is 0 Å². The second-order valence-electron chi connectivity index (χ2n) is 6.61. The summed E-state index contributed by atoms with van der Waals surface area (Å²) in [7, 11) is 0. The van der Waals surface area contributed by atoms with Crippen LogP contribution < -0.4 is 5.32 Å². The fourth-order valence-corrected chi connectivity index (χ4v) is 3.85. The molecule has 1 heterocycles. The van der Waals surface area contributed by atoms with Crippen molar-refractivity contribution >= 4 is 5.91 Å². The Morgan fingerprint density at radius 2 is 1.85 bits per heavy atom. The van der Waals surface area contributed by atoms with Crippen molar-refractivity contribution < 1.29 is 4.79 Å². The van der Waals surface area contributed by atoms with Gasteiger partial charge in [0.15, 0.2) is 0 Å². The molecule has 0 radical (unpaired) electrons. The van der Waals surface area contributed by atoms with Crippen LogP contribution in [0.5, 0.6) is 0 Å². The van der Waals surface area contributed by atoms with E-state index in [2.05, 4.69) is 17.1 Å². The standard InChI is InChI=1S/C17H32N2O/c1-2-14-19(16-10-12-18-13-11-16)17(20)9-5-8-15-6-3-4-7-15/h15-16,18H,2-14H2,1H3. The molecule has 1 amide bonds. The van der Waals surface area contributed by atoms with Gasteiger partial charge in [0.1, 0.15) is 0 Å². The summed E-state index contributed by atoms with van der Waals surface area (Å²) in [5.74, 6) is 1.33. The topological polar surface area (TPSA) is 32.3 Å². The predicted octanol–water partition coefficient (Wildman–Crippen LogP) is 3.34. The molecule has 3 nitrogen and oxygen atoms in total. The summed E-state index contributed by atoms with van der Waals surface area (Å²) in [4.78, 5) is 14.7. The van der Waals surface area contributed by atoms with E-state index in [-0.39, 0.29) is 0 Å². The maximum Gasteiger partial charge on any atom is 0.222 e. The van der Waals surface area contributed by atoms with Gasteiger partial charge in [-0.3, -0.25) is 4.79 Å². The van der Waals surface area contributed by atoms with Crippen molar-refractivity contribution in [2.45, 2.75) is 77.2 Å². The smallest absolute Gasteiger partial charge is 0.222 e. The third-order valence-electron chi connectivity index (χ3n) is 5.01. The summed E-state index contributed by atoms with van der Waals surface area (Å²) in [6.45, 7) is 5.27. The highest BCUT2D eigenvalue weighted by molar-refractivity contribution is 5.76. The number of nitrogens with zero attached hydrogens (tertiary/aromatic N) is 1. The molecular weight excluding hydrogens is 248 g/mol. The number of hydrogen-bond acceptors (Lipinski definition) is 2. The van der Waals surface area contributed by atoms with Crippen LogP contribution in [-0.4, -0.2) is 36.5 Å². The number of rotatable bonds is 7. The van der Waals surface area contributed by atoms with Crippen LogP contribution in [0.2, 0.25) is 0 Å². The van der Waals surface area contributed by atoms with Crippen molar-refractivity contribution in [1.82, 2.24) is 10.2 Å². The highest BCUT2D eigenvalue weighted by Gasteiger charge is 2.24. The third kappa shape index (κ3) is 4.76. The Hall–Kier alpha value is -0.570. The Bertz CT molecular complexity index is 281. The van der Waals surface area contributed by atoms with Gasteiger partial charge in [0.05, 0.1) is 0 Å². The Morgan fingerprint density at radius 3 is 2.50 bits per heavy atom. The lowest BCUT2D eigenvalue weighted by molar-refractivity contribution is -0.134. The maximum atomic E-state index is 12.5. The van der Waals surface area contributed by atoms with E-state index in [0.29, 0.717) is 11.9 Å². The molecule has 0 atom stereocenters. The Labute approximate surface area is 124 Å². The Morgan fingerprint density at radius 1 is 1.15 bits per heavy atom. The lowest BCUT2D eigenvalue weighted by Crippen LogP contribution is -2.46. The number of nitrogens with one attached hydrogen (secondary N) is 1. The zero-order valence-corrected chi connectivity index (χ0v) is 13.2. The van der Waals surface area contributed by atoms with Crippen LogP contribution >= 0.6 is 0 Å². The van der Waals surface area contributed by atoms with Gasteiger partial charge in [-0.2, -0.15) is 0 Å². The van der Waals surface area contributed by atoms with E-state index in [1.807, 2.05) is 0 Å². The van der Waals surface area contributed by atoms with Gasteiger partial charge in [-0.05, 0) is 51.1 Å². The van der Waals surface area contributed by atoms with Gasteiger partial charge in [0, 0.05) is 19.0 Å². The van der Waals surface area contributed by atoms with Gasteiger partial charge >= 0.3 is 0 Å². The molecule has 116 valence electrons. The first-order valence-corrected chi connectivity index (χ1v) is 8.81. The largest absolute Gasteiger partial charge is 0.340 e. The van der Waals surface area contributed by atoms with Crippen LogP contribution in [0.3, 0.4) is 0 Å². The molecule has 2 fully saturated rings. The molecule has 1 aliphatic carbocycles. The SMILES string of the molecule is CCCN(C(=O)CCCC1CCCC1)C1CCNCC1. The van der Waals surface area contributed by atoms with Crippen LogP contribution in [0.4, 0.5) is 0 Å². The Balaban J connectivity index is 1.73. The second kappa shape index (κ2) is 8.66. The Kier molecular flexibility index (Phi) is 6.85. The third-order valence-corrected chi connectivity index (χ3v) is 5.01. The maximum absolute atomic E-state index is 12.5. The molecule has 0 aromatic carbocycles. The highest BCUT2D eigenvalue weighted by Crippen LogP contribution is 2.29. The van der Waals surface area contributed by atoms with E-state index in [9.17, 15) is 4.79 Å². The monoisotopic (exact) mass is 280 g/mol. The summed E-state index contributed by atoms with van der Waals surface area (Å²) in [6, 6.07) is 0.496. The molecule has 0 aromatic heterocycles. The highest BCUT2D eigenvalue weighted by atomic mass is 16.2. The zero-order chi connectivity index (χ0) is 14.2. The lowest BCUT2D eigenvalue weighted by Gasteiger charge is -2.34. The van der Waals surface area contributed by atoms with Gasteiger partial charge in [-0.25, -0.2) is 0 Å². The molecule has 3 heteroatoms. The first-order valence-electron chi connectivity index (χ1n) is 8.81. The number of carbonyl (C=O) groups is 1. The summed E-state index contributed by atoms with van der Waals surface area (Å²) in [6.07, 6.45) is 12.1. The number of carbonyl (C=O) groups excluding carboxylic acids is 1. The van der Waals surface area contributed by atoms with Crippen molar-refractivity contribution in [2.75, 3.05) is 19.6 Å². The number of piperidine rings is 1. The lowest BCUT2D eigenvalue weighted by atomic mass is 9.99. The van der Waals surface area contributed by atoms with Crippen LogP contribution in [0.1, 0.15) is 71.1 Å². The van der Waals surface area contributed by atoms with E-state index in [1.165, 1.54) is 32.1 Å². The number of amides is 1. The van der Waals surface area contributed by atoms with E-state index >= 15 is 0 Å². The fraction of sp³-hybridized carbons (Fsp3) is 0.941. The van der Waals surface area contributed by atoms with Crippen LogP contribution in [0.15, 0.2) is 0 Å². The zero-order valence-electron chi connectivity index (χ0n) is 13.2. The molecule has 0 unspecified atom stereocenters. The van der Waals surface area contributed by atoms with Gasteiger partial charge < -0.3 is 10.2 Å². The number of hydrogen-bond donors (Lipinski definition) is 1. The quantitative estimate of drug-likeness (QED) is 0.776. The minimum Gasteiger partial charge on any atom is -0.340 e. The molecule has 0 aromatic rings. The molecular formula is C17H32N2O. The van der Waals surface area contributed by atoms with Gasteiger partial charge in [0.25, 0.3) is 0 Å². The molecule has 1 saturated heterocycles. The first kappa shape index (κ1) is 15.8. The average molecular weight is 280 g/mol. The predicted molar refractivity (Wildman–Crippen MR) is 83.7 cm³/mol. The molecule has 20 heavy (non-hydrogen) atoms. The van der Waals surface area contributed by atoms with Crippen molar-refractivity contribution in [3.05, 3.63) is 0 Å². The molecule has 0 spiro atoms. The minimum atomic E-state index is 0.414. The second-order valence-corrected chi connectivity index (χ2v) is 6.61. The van der Waals surface area contributed by atoms with Crippen molar-refractivity contribution in [1.29, 1.82) is 0 Å². The molecule has 1 aliphatic heterocycles. The summed E-state index contributed by atoms with van der Waals surface area (Å²) in [5, 5.41) is 3.39. The summed E-state index contributed by atoms with van der Waals surface area (Å²) >= 11 is 0. The molecule has 0 bridgehead atoms. The van der Waals surface area contributed by atoms with Crippen molar-refractivity contribution in [2.24, 2.45) is 5.92 Å². The summed E-state index contributed by atoms with van der Waals surface area (Å²) in [5.41, 5.74) is 0. The summed E-state index contributed by atoms with van der Waals surface area (Å²) < 4.78 is 0. The average Bonchev–Trinajstić information content (AvgIpc) is 2.99. The molecule has 2 rings (SSSR count).